The quantitative estimate of drug-likeness (QED) is 0.785. The second kappa shape index (κ2) is 7.40. The van der Waals surface area contributed by atoms with Gasteiger partial charge in [0.1, 0.15) is 5.69 Å². The first-order valence-corrected chi connectivity index (χ1v) is 7.41. The predicted octanol–water partition coefficient (Wildman–Crippen LogP) is 0.304. The molecule has 0 aliphatic carbocycles. The fourth-order valence-corrected chi connectivity index (χ4v) is 2.45. The van der Waals surface area contributed by atoms with Crippen LogP contribution in [0.4, 0.5) is 0 Å². The number of amides is 1. The van der Waals surface area contributed by atoms with Gasteiger partial charge in [0.25, 0.3) is 5.91 Å². The molecule has 0 atom stereocenters. The van der Waals surface area contributed by atoms with Crippen molar-refractivity contribution in [3.8, 4) is 0 Å². The molecule has 0 unspecified atom stereocenters. The number of likely N-dealkylation sites (tertiary alicyclic amines) is 1. The van der Waals surface area contributed by atoms with Gasteiger partial charge in [-0.2, -0.15) is 0 Å². The number of aromatic nitrogens is 2. The highest BCUT2D eigenvalue weighted by molar-refractivity contribution is 5.91. The monoisotopic (exact) mass is 279 g/mol. The average molecular weight is 279 g/mol. The Morgan fingerprint density at radius 3 is 2.90 bits per heavy atom. The average Bonchev–Trinajstić information content (AvgIpc) is 2.90. The van der Waals surface area contributed by atoms with Crippen molar-refractivity contribution in [2.45, 2.75) is 26.3 Å². The number of nitrogens with one attached hydrogen (secondary N) is 1. The SMILES string of the molecule is CC1CCN(CCNC(=O)c2cn(CCN)cn2)CC1. The molecule has 20 heavy (non-hydrogen) atoms. The van der Waals surface area contributed by atoms with E-state index in [1.807, 2.05) is 4.57 Å². The summed E-state index contributed by atoms with van der Waals surface area (Å²) in [6, 6.07) is 0. The number of rotatable bonds is 6. The molecule has 0 bridgehead atoms. The normalized spacial score (nSPS) is 17.3. The molecule has 2 rings (SSSR count). The number of piperidine rings is 1. The van der Waals surface area contributed by atoms with Crippen molar-refractivity contribution < 1.29 is 4.79 Å². The van der Waals surface area contributed by atoms with Crippen molar-refractivity contribution in [3.05, 3.63) is 18.2 Å². The van der Waals surface area contributed by atoms with Crippen LogP contribution in [0.2, 0.25) is 0 Å². The molecule has 1 aliphatic rings. The molecule has 6 heteroatoms. The lowest BCUT2D eigenvalue weighted by Gasteiger charge is -2.30. The summed E-state index contributed by atoms with van der Waals surface area (Å²) < 4.78 is 1.83. The molecule has 0 radical (unpaired) electrons. The van der Waals surface area contributed by atoms with Crippen molar-refractivity contribution in [2.75, 3.05) is 32.7 Å². The van der Waals surface area contributed by atoms with Crippen molar-refractivity contribution in [3.63, 3.8) is 0 Å². The van der Waals surface area contributed by atoms with Crippen LogP contribution in [0.25, 0.3) is 0 Å². The Morgan fingerprint density at radius 1 is 1.45 bits per heavy atom. The highest BCUT2D eigenvalue weighted by Gasteiger charge is 2.15. The van der Waals surface area contributed by atoms with E-state index in [1.165, 1.54) is 12.8 Å². The standard InChI is InChI=1S/C14H25N5O/c1-12-2-6-18(7-3-12)9-5-16-14(20)13-10-19(8-4-15)11-17-13/h10-12H,2-9,15H2,1H3,(H,16,20). The van der Waals surface area contributed by atoms with Gasteiger partial charge in [0.05, 0.1) is 6.33 Å². The first-order chi connectivity index (χ1) is 9.69. The second-order valence-electron chi connectivity index (χ2n) is 5.57. The molecule has 112 valence electrons. The lowest BCUT2D eigenvalue weighted by Crippen LogP contribution is -2.39. The van der Waals surface area contributed by atoms with E-state index in [2.05, 4.69) is 22.1 Å². The van der Waals surface area contributed by atoms with Crippen LogP contribution in [0.1, 0.15) is 30.3 Å². The highest BCUT2D eigenvalue weighted by Crippen LogP contribution is 2.15. The maximum atomic E-state index is 11.9. The number of hydrogen-bond acceptors (Lipinski definition) is 4. The second-order valence-corrected chi connectivity index (χ2v) is 5.57. The van der Waals surface area contributed by atoms with E-state index >= 15 is 0 Å². The number of nitrogens with two attached hydrogens (primary N) is 1. The summed E-state index contributed by atoms with van der Waals surface area (Å²) in [6.45, 7) is 7.41. The lowest BCUT2D eigenvalue weighted by molar-refractivity contribution is 0.0940. The molecule has 0 spiro atoms. The molecular formula is C14H25N5O. The molecule has 1 aromatic rings. The zero-order valence-corrected chi connectivity index (χ0v) is 12.2. The first-order valence-electron chi connectivity index (χ1n) is 7.41. The van der Waals surface area contributed by atoms with Crippen molar-refractivity contribution in [2.24, 2.45) is 11.7 Å². The van der Waals surface area contributed by atoms with Crippen LogP contribution in [0, 0.1) is 5.92 Å². The Morgan fingerprint density at radius 2 is 2.20 bits per heavy atom. The van der Waals surface area contributed by atoms with Crippen LogP contribution in [0.15, 0.2) is 12.5 Å². The molecular weight excluding hydrogens is 254 g/mol. The topological polar surface area (TPSA) is 76.2 Å². The Labute approximate surface area is 120 Å². The molecule has 3 N–H and O–H groups in total. The lowest BCUT2D eigenvalue weighted by atomic mass is 9.99. The van der Waals surface area contributed by atoms with E-state index in [0.29, 0.717) is 25.3 Å². The van der Waals surface area contributed by atoms with Gasteiger partial charge in [-0.15, -0.1) is 0 Å². The van der Waals surface area contributed by atoms with Crippen LogP contribution >= 0.6 is 0 Å². The zero-order chi connectivity index (χ0) is 14.4. The van der Waals surface area contributed by atoms with Crippen LogP contribution < -0.4 is 11.1 Å². The van der Waals surface area contributed by atoms with Gasteiger partial charge in [-0.25, -0.2) is 4.98 Å². The van der Waals surface area contributed by atoms with Crippen molar-refractivity contribution >= 4 is 5.91 Å². The van der Waals surface area contributed by atoms with Gasteiger partial charge >= 0.3 is 0 Å². The third-order valence-corrected chi connectivity index (χ3v) is 3.84. The van der Waals surface area contributed by atoms with E-state index in [-0.39, 0.29) is 5.91 Å². The van der Waals surface area contributed by atoms with Gasteiger partial charge in [0.15, 0.2) is 0 Å². The Kier molecular flexibility index (Phi) is 5.55. The third-order valence-electron chi connectivity index (χ3n) is 3.84. The van der Waals surface area contributed by atoms with E-state index < -0.39 is 0 Å². The molecule has 1 fully saturated rings. The largest absolute Gasteiger partial charge is 0.349 e. The van der Waals surface area contributed by atoms with Gasteiger partial charge in [0, 0.05) is 32.4 Å². The molecule has 1 saturated heterocycles. The zero-order valence-electron chi connectivity index (χ0n) is 12.2. The summed E-state index contributed by atoms with van der Waals surface area (Å²) in [4.78, 5) is 18.4. The van der Waals surface area contributed by atoms with Crippen LogP contribution in [-0.2, 0) is 6.54 Å². The van der Waals surface area contributed by atoms with E-state index in [0.717, 1.165) is 25.6 Å². The number of carbonyl (C=O) groups is 1. The van der Waals surface area contributed by atoms with Gasteiger partial charge in [-0.3, -0.25) is 4.79 Å². The smallest absolute Gasteiger partial charge is 0.271 e. The van der Waals surface area contributed by atoms with Crippen LogP contribution in [0.5, 0.6) is 0 Å². The maximum Gasteiger partial charge on any atom is 0.271 e. The number of hydrogen-bond donors (Lipinski definition) is 2. The minimum Gasteiger partial charge on any atom is -0.349 e. The highest BCUT2D eigenvalue weighted by atomic mass is 16.1. The van der Waals surface area contributed by atoms with Crippen LogP contribution in [-0.4, -0.2) is 53.1 Å². The summed E-state index contributed by atoms with van der Waals surface area (Å²) in [6.07, 6.45) is 5.91. The van der Waals surface area contributed by atoms with Gasteiger partial charge in [-0.1, -0.05) is 6.92 Å². The molecule has 0 saturated carbocycles. The summed E-state index contributed by atoms with van der Waals surface area (Å²) >= 11 is 0. The van der Waals surface area contributed by atoms with Gasteiger partial charge in [-0.05, 0) is 31.8 Å². The van der Waals surface area contributed by atoms with E-state index in [9.17, 15) is 4.79 Å². The molecule has 0 aromatic carbocycles. The third kappa shape index (κ3) is 4.31. The first kappa shape index (κ1) is 15.0. The molecule has 1 aromatic heterocycles. The van der Waals surface area contributed by atoms with Crippen molar-refractivity contribution in [1.29, 1.82) is 0 Å². The van der Waals surface area contributed by atoms with Crippen molar-refractivity contribution in [1.82, 2.24) is 19.8 Å². The molecule has 2 heterocycles. The van der Waals surface area contributed by atoms with Gasteiger partial charge < -0.3 is 20.5 Å². The fraction of sp³-hybridized carbons (Fsp3) is 0.714. The van der Waals surface area contributed by atoms with E-state index in [4.69, 9.17) is 5.73 Å². The van der Waals surface area contributed by atoms with Crippen LogP contribution in [0.3, 0.4) is 0 Å². The molecule has 6 nitrogen and oxygen atoms in total. The summed E-state index contributed by atoms with van der Waals surface area (Å²) in [5.41, 5.74) is 5.93. The molecule has 1 amide bonds. The fourth-order valence-electron chi connectivity index (χ4n) is 2.45. The summed E-state index contributed by atoms with van der Waals surface area (Å²) in [7, 11) is 0. The Balaban J connectivity index is 1.69. The van der Waals surface area contributed by atoms with Gasteiger partial charge in [0.2, 0.25) is 0 Å². The maximum absolute atomic E-state index is 11.9. The number of carbonyl (C=O) groups excluding carboxylic acids is 1. The Bertz CT molecular complexity index is 423. The minimum absolute atomic E-state index is 0.105. The summed E-state index contributed by atoms with van der Waals surface area (Å²) in [5.74, 6) is 0.735. The number of imidazole rings is 1. The minimum atomic E-state index is -0.105. The Hall–Kier alpha value is -1.40. The number of nitrogens with zero attached hydrogens (tertiary/aromatic N) is 3. The summed E-state index contributed by atoms with van der Waals surface area (Å²) in [5, 5.41) is 2.93. The predicted molar refractivity (Wildman–Crippen MR) is 78.5 cm³/mol. The molecule has 1 aliphatic heterocycles. The van der Waals surface area contributed by atoms with E-state index in [1.54, 1.807) is 12.5 Å².